The van der Waals surface area contributed by atoms with E-state index in [4.69, 9.17) is 3.63 Å². The zero-order valence-corrected chi connectivity index (χ0v) is 19.2. The largest absolute Gasteiger partial charge is 0.299 e. The second-order valence-corrected chi connectivity index (χ2v) is 12.4. The molecule has 0 spiro atoms. The number of carbonyl (C=O) groups is 1. The number of ketones is 1. The molecule has 0 bridgehead atoms. The van der Waals surface area contributed by atoms with Gasteiger partial charge in [0.05, 0.1) is 11.5 Å². The van der Waals surface area contributed by atoms with Crippen LogP contribution in [0.25, 0.3) is 0 Å². The van der Waals surface area contributed by atoms with Gasteiger partial charge in [-0.2, -0.15) is 8.42 Å². The minimum Gasteiger partial charge on any atom is -0.299 e. The van der Waals surface area contributed by atoms with Crippen LogP contribution in [0.1, 0.15) is 98.3 Å². The lowest BCUT2D eigenvalue weighted by Gasteiger charge is -2.38. The van der Waals surface area contributed by atoms with Crippen molar-refractivity contribution in [3.63, 3.8) is 0 Å². The van der Waals surface area contributed by atoms with Crippen molar-refractivity contribution in [3.8, 4) is 0 Å². The molecule has 0 aromatic heterocycles. The van der Waals surface area contributed by atoms with E-state index in [1.165, 1.54) is 0 Å². The number of unbranched alkanes of at least 4 members (excludes halogenated alkanes) is 6. The number of hydrogen-bond donors (Lipinski definition) is 0. The molecule has 0 saturated heterocycles. The SMILES string of the molecule is CCCCCCC(=O)CS(CCCC)(CCCC)OS(=O)(=O)CCCC. The number of rotatable bonds is 18. The van der Waals surface area contributed by atoms with Gasteiger partial charge in [0.25, 0.3) is 10.1 Å². The molecule has 0 aliphatic rings. The minimum absolute atomic E-state index is 0.0706. The first-order chi connectivity index (χ1) is 12.3. The molecule has 0 fully saturated rings. The summed E-state index contributed by atoms with van der Waals surface area (Å²) in [5, 5.41) is 0. The molecule has 0 atom stereocenters. The predicted molar refractivity (Wildman–Crippen MR) is 116 cm³/mol. The Bertz CT molecular complexity index is 452. The third-order valence-electron chi connectivity index (χ3n) is 4.47. The summed E-state index contributed by atoms with van der Waals surface area (Å²) in [5.41, 5.74) is 0. The van der Waals surface area contributed by atoms with E-state index in [9.17, 15) is 13.2 Å². The predicted octanol–water partition coefficient (Wildman–Crippen LogP) is 5.99. The summed E-state index contributed by atoms with van der Waals surface area (Å²) in [7, 11) is -5.44. The molecule has 158 valence electrons. The van der Waals surface area contributed by atoms with Crippen LogP contribution in [0.15, 0.2) is 0 Å². The van der Waals surface area contributed by atoms with Gasteiger partial charge in [-0.15, -0.1) is 10.3 Å². The van der Waals surface area contributed by atoms with Crippen molar-refractivity contribution < 1.29 is 16.8 Å². The van der Waals surface area contributed by atoms with Crippen molar-refractivity contribution in [1.82, 2.24) is 0 Å². The molecule has 0 heterocycles. The van der Waals surface area contributed by atoms with Gasteiger partial charge in [-0.3, -0.25) is 4.79 Å². The fourth-order valence-corrected chi connectivity index (χ4v) is 9.11. The highest BCUT2D eigenvalue weighted by Gasteiger charge is 2.32. The molecular weight excluding hydrogens is 368 g/mol. The molecule has 0 N–H and O–H groups in total. The van der Waals surface area contributed by atoms with Gasteiger partial charge in [-0.25, -0.2) is 3.63 Å². The first-order valence-electron chi connectivity index (χ1n) is 10.6. The Morgan fingerprint density at radius 2 is 1.19 bits per heavy atom. The van der Waals surface area contributed by atoms with Crippen LogP contribution >= 0.6 is 10.3 Å². The van der Waals surface area contributed by atoms with Crippen LogP contribution < -0.4 is 0 Å². The van der Waals surface area contributed by atoms with E-state index < -0.39 is 20.4 Å². The van der Waals surface area contributed by atoms with Gasteiger partial charge in [-0.1, -0.05) is 66.2 Å². The first-order valence-corrected chi connectivity index (χ1v) is 14.2. The standard InChI is InChI=1S/C20H42O4S2/c1-5-9-13-14-15-20(21)19-25(16-10-6-2,17-11-7-3)24-26(22,23)18-12-8-4/h5-19H2,1-4H3. The molecule has 0 rings (SSSR count). The van der Waals surface area contributed by atoms with Crippen LogP contribution in [0.5, 0.6) is 0 Å². The topological polar surface area (TPSA) is 60.4 Å². The molecule has 0 saturated carbocycles. The van der Waals surface area contributed by atoms with Gasteiger partial charge in [0, 0.05) is 17.9 Å². The van der Waals surface area contributed by atoms with E-state index in [1.807, 2.05) is 6.92 Å². The molecular formula is C20H42O4S2. The van der Waals surface area contributed by atoms with Crippen molar-refractivity contribution in [2.75, 3.05) is 23.0 Å². The van der Waals surface area contributed by atoms with Crippen molar-refractivity contribution in [2.24, 2.45) is 0 Å². The summed E-state index contributed by atoms with van der Waals surface area (Å²) < 4.78 is 30.9. The summed E-state index contributed by atoms with van der Waals surface area (Å²) in [4.78, 5) is 12.6. The third kappa shape index (κ3) is 12.3. The van der Waals surface area contributed by atoms with Gasteiger partial charge >= 0.3 is 0 Å². The average molecular weight is 411 g/mol. The van der Waals surface area contributed by atoms with Crippen molar-refractivity contribution >= 4 is 26.2 Å². The number of carbonyl (C=O) groups excluding carboxylic acids is 1. The molecule has 0 aliphatic carbocycles. The van der Waals surface area contributed by atoms with E-state index >= 15 is 0 Å². The number of Topliss-reactive ketones (excluding diaryl/α,β-unsaturated/α-hetero) is 1. The van der Waals surface area contributed by atoms with Crippen LogP contribution in [-0.4, -0.2) is 37.2 Å². The fourth-order valence-electron chi connectivity index (χ4n) is 2.84. The molecule has 0 aliphatic heterocycles. The zero-order chi connectivity index (χ0) is 19.9. The molecule has 0 unspecified atom stereocenters. The maximum atomic E-state index is 12.6. The van der Waals surface area contributed by atoms with E-state index in [-0.39, 0.29) is 11.5 Å². The summed E-state index contributed by atoms with van der Waals surface area (Å²) in [6.07, 6.45) is 10.1. The lowest BCUT2D eigenvalue weighted by Crippen LogP contribution is -2.26. The summed E-state index contributed by atoms with van der Waals surface area (Å²) in [5.74, 6) is 2.05. The van der Waals surface area contributed by atoms with Gasteiger partial charge in [0.1, 0.15) is 5.78 Å². The monoisotopic (exact) mass is 410 g/mol. The summed E-state index contributed by atoms with van der Waals surface area (Å²) in [6, 6.07) is 0. The van der Waals surface area contributed by atoms with Crippen molar-refractivity contribution in [3.05, 3.63) is 0 Å². The maximum absolute atomic E-state index is 12.6. The van der Waals surface area contributed by atoms with E-state index in [1.54, 1.807) is 0 Å². The summed E-state index contributed by atoms with van der Waals surface area (Å²) in [6.45, 7) is 8.33. The Morgan fingerprint density at radius 3 is 1.69 bits per heavy atom. The highest BCUT2D eigenvalue weighted by atomic mass is 32.3. The van der Waals surface area contributed by atoms with Crippen LogP contribution in [0.4, 0.5) is 0 Å². The Kier molecular flexibility index (Phi) is 14.9. The Morgan fingerprint density at radius 1 is 0.692 bits per heavy atom. The Balaban J connectivity index is 5.15. The second kappa shape index (κ2) is 14.9. The van der Waals surface area contributed by atoms with Gasteiger partial charge < -0.3 is 0 Å². The molecule has 0 amide bonds. The maximum Gasteiger partial charge on any atom is 0.276 e. The van der Waals surface area contributed by atoms with E-state index in [0.717, 1.165) is 69.3 Å². The molecule has 0 aromatic rings. The van der Waals surface area contributed by atoms with Crippen LogP contribution in [0.3, 0.4) is 0 Å². The Hall–Kier alpha value is -0.0700. The minimum atomic E-state index is -3.55. The average Bonchev–Trinajstić information content (AvgIpc) is 2.60. The third-order valence-corrected chi connectivity index (χ3v) is 10.2. The highest BCUT2D eigenvalue weighted by molar-refractivity contribution is 8.33. The molecule has 0 aromatic carbocycles. The zero-order valence-electron chi connectivity index (χ0n) is 17.6. The van der Waals surface area contributed by atoms with Crippen LogP contribution in [0, 0.1) is 0 Å². The van der Waals surface area contributed by atoms with Crippen LogP contribution in [0.2, 0.25) is 0 Å². The molecule has 0 radical (unpaired) electrons. The lowest BCUT2D eigenvalue weighted by atomic mass is 10.1. The second-order valence-electron chi connectivity index (χ2n) is 7.26. The molecule has 4 nitrogen and oxygen atoms in total. The highest BCUT2D eigenvalue weighted by Crippen LogP contribution is 2.52. The Labute approximate surface area is 164 Å². The molecule has 6 heteroatoms. The normalized spacial score (nSPS) is 13.1. The van der Waals surface area contributed by atoms with E-state index in [0.29, 0.717) is 18.6 Å². The molecule has 26 heavy (non-hydrogen) atoms. The van der Waals surface area contributed by atoms with Crippen molar-refractivity contribution in [2.45, 2.75) is 98.3 Å². The summed E-state index contributed by atoms with van der Waals surface area (Å²) >= 11 is 0. The quantitative estimate of drug-likeness (QED) is 0.260. The van der Waals surface area contributed by atoms with Crippen LogP contribution in [-0.2, 0) is 18.5 Å². The van der Waals surface area contributed by atoms with Gasteiger partial charge in [-0.05, 0) is 25.7 Å². The smallest absolute Gasteiger partial charge is 0.276 e. The fraction of sp³-hybridized carbons (Fsp3) is 0.950. The van der Waals surface area contributed by atoms with Gasteiger partial charge in [0.2, 0.25) is 0 Å². The van der Waals surface area contributed by atoms with Crippen molar-refractivity contribution in [1.29, 1.82) is 0 Å². The van der Waals surface area contributed by atoms with E-state index in [2.05, 4.69) is 20.8 Å². The van der Waals surface area contributed by atoms with Gasteiger partial charge in [0.15, 0.2) is 0 Å². The lowest BCUT2D eigenvalue weighted by molar-refractivity contribution is -0.116. The number of hydrogen-bond acceptors (Lipinski definition) is 4. The first kappa shape index (κ1) is 25.9.